The first-order valence-electron chi connectivity index (χ1n) is 4.25. The molecule has 0 aromatic rings. The summed E-state index contributed by atoms with van der Waals surface area (Å²) < 4.78 is 0. The molecule has 2 rings (SSSR count). The molecule has 1 unspecified atom stereocenters. The molecule has 0 saturated carbocycles. The summed E-state index contributed by atoms with van der Waals surface area (Å²) in [6.07, 6.45) is 3.49. The Balaban J connectivity index is 2.32. The normalized spacial score (nSPS) is 29.6. The third-order valence-electron chi connectivity index (χ3n) is 2.52. The van der Waals surface area contributed by atoms with E-state index in [9.17, 15) is 0 Å². The standard InChI is InChI=1S/C9H14N2/c1-7-3-4-8-9(7)10-5-6-11(8)2/h4,7H,3,5-6H2,1-2H3. The molecule has 0 N–H and O–H groups in total. The van der Waals surface area contributed by atoms with Crippen LogP contribution in [0.5, 0.6) is 0 Å². The van der Waals surface area contributed by atoms with E-state index >= 15 is 0 Å². The number of likely N-dealkylation sites (N-methyl/N-ethyl adjacent to an activating group) is 1. The first kappa shape index (κ1) is 6.89. The van der Waals surface area contributed by atoms with Crippen molar-refractivity contribution in [1.29, 1.82) is 0 Å². The summed E-state index contributed by atoms with van der Waals surface area (Å²) in [5, 5.41) is 0. The van der Waals surface area contributed by atoms with E-state index in [4.69, 9.17) is 0 Å². The Morgan fingerprint density at radius 1 is 1.64 bits per heavy atom. The number of fused-ring (bicyclic) bond motifs is 1. The fourth-order valence-corrected chi connectivity index (χ4v) is 1.79. The Labute approximate surface area is 67.6 Å². The van der Waals surface area contributed by atoms with Crippen molar-refractivity contribution in [3.63, 3.8) is 0 Å². The molecule has 0 fully saturated rings. The van der Waals surface area contributed by atoms with Gasteiger partial charge in [-0.1, -0.05) is 13.0 Å². The number of nitrogens with zero attached hydrogens (tertiary/aromatic N) is 2. The lowest BCUT2D eigenvalue weighted by Gasteiger charge is -2.25. The van der Waals surface area contributed by atoms with E-state index in [2.05, 4.69) is 29.9 Å². The van der Waals surface area contributed by atoms with Gasteiger partial charge in [0, 0.05) is 19.5 Å². The molecule has 1 aliphatic carbocycles. The van der Waals surface area contributed by atoms with Crippen LogP contribution >= 0.6 is 0 Å². The fraction of sp³-hybridized carbons (Fsp3) is 0.667. The zero-order valence-corrected chi connectivity index (χ0v) is 7.17. The Kier molecular flexibility index (Phi) is 1.48. The molecule has 60 valence electrons. The lowest BCUT2D eigenvalue weighted by atomic mass is 10.1. The number of allylic oxidation sites excluding steroid dienone is 2. The van der Waals surface area contributed by atoms with Crippen molar-refractivity contribution >= 4 is 5.71 Å². The molecule has 0 aromatic heterocycles. The molecule has 11 heavy (non-hydrogen) atoms. The lowest BCUT2D eigenvalue weighted by Crippen LogP contribution is -2.30. The van der Waals surface area contributed by atoms with Crippen molar-refractivity contribution in [2.24, 2.45) is 10.9 Å². The summed E-state index contributed by atoms with van der Waals surface area (Å²) in [6.45, 7) is 4.32. The molecule has 2 aliphatic rings. The number of hydrogen-bond donors (Lipinski definition) is 0. The minimum absolute atomic E-state index is 0.660. The van der Waals surface area contributed by atoms with E-state index in [0.717, 1.165) is 13.1 Å². The SMILES string of the molecule is CC1CC=C2C1=NCCN2C. The van der Waals surface area contributed by atoms with Gasteiger partial charge in [-0.2, -0.15) is 0 Å². The third-order valence-corrected chi connectivity index (χ3v) is 2.52. The first-order chi connectivity index (χ1) is 5.29. The van der Waals surface area contributed by atoms with E-state index in [1.54, 1.807) is 0 Å². The van der Waals surface area contributed by atoms with Crippen molar-refractivity contribution in [3.05, 3.63) is 11.8 Å². The topological polar surface area (TPSA) is 15.6 Å². The van der Waals surface area contributed by atoms with Gasteiger partial charge in [0.1, 0.15) is 0 Å². The Morgan fingerprint density at radius 2 is 2.45 bits per heavy atom. The quantitative estimate of drug-likeness (QED) is 0.508. The van der Waals surface area contributed by atoms with Crippen LogP contribution in [-0.4, -0.2) is 30.7 Å². The third kappa shape index (κ3) is 0.971. The zero-order chi connectivity index (χ0) is 7.84. The number of rotatable bonds is 0. The minimum Gasteiger partial charge on any atom is -0.372 e. The molecule has 1 aliphatic heterocycles. The zero-order valence-electron chi connectivity index (χ0n) is 7.17. The smallest absolute Gasteiger partial charge is 0.0610 e. The maximum Gasteiger partial charge on any atom is 0.0610 e. The van der Waals surface area contributed by atoms with Gasteiger partial charge in [0.25, 0.3) is 0 Å². The van der Waals surface area contributed by atoms with Gasteiger partial charge in [-0.15, -0.1) is 0 Å². The Bertz CT molecular complexity index is 228. The van der Waals surface area contributed by atoms with Crippen LogP contribution in [0.3, 0.4) is 0 Å². The maximum absolute atomic E-state index is 4.53. The van der Waals surface area contributed by atoms with Crippen molar-refractivity contribution in [2.75, 3.05) is 20.1 Å². The van der Waals surface area contributed by atoms with Crippen LogP contribution in [-0.2, 0) is 0 Å². The Hall–Kier alpha value is -0.790. The first-order valence-corrected chi connectivity index (χ1v) is 4.25. The second-order valence-electron chi connectivity index (χ2n) is 3.41. The highest BCUT2D eigenvalue weighted by atomic mass is 15.2. The highest BCUT2D eigenvalue weighted by Gasteiger charge is 2.25. The van der Waals surface area contributed by atoms with Crippen molar-refractivity contribution < 1.29 is 0 Å². The number of hydrogen-bond acceptors (Lipinski definition) is 2. The monoisotopic (exact) mass is 150 g/mol. The molecular formula is C9H14N2. The van der Waals surface area contributed by atoms with E-state index in [0.29, 0.717) is 5.92 Å². The maximum atomic E-state index is 4.53. The summed E-state index contributed by atoms with van der Waals surface area (Å²) in [5.41, 5.74) is 2.71. The summed E-state index contributed by atoms with van der Waals surface area (Å²) in [5.74, 6) is 0.660. The second kappa shape index (κ2) is 2.36. The average Bonchev–Trinajstić information content (AvgIpc) is 2.35. The summed E-state index contributed by atoms with van der Waals surface area (Å²) in [7, 11) is 2.15. The largest absolute Gasteiger partial charge is 0.372 e. The van der Waals surface area contributed by atoms with Gasteiger partial charge < -0.3 is 4.90 Å². The van der Waals surface area contributed by atoms with E-state index in [1.165, 1.54) is 17.8 Å². The van der Waals surface area contributed by atoms with Crippen LogP contribution in [0.4, 0.5) is 0 Å². The van der Waals surface area contributed by atoms with Crippen LogP contribution in [0.25, 0.3) is 0 Å². The highest BCUT2D eigenvalue weighted by Crippen LogP contribution is 2.25. The summed E-state index contributed by atoms with van der Waals surface area (Å²) in [4.78, 5) is 6.84. The van der Waals surface area contributed by atoms with Gasteiger partial charge in [0.05, 0.1) is 18.0 Å². The van der Waals surface area contributed by atoms with Gasteiger partial charge in [-0.25, -0.2) is 0 Å². The van der Waals surface area contributed by atoms with Crippen molar-refractivity contribution in [3.8, 4) is 0 Å². The summed E-state index contributed by atoms with van der Waals surface area (Å²) >= 11 is 0. The molecule has 0 radical (unpaired) electrons. The van der Waals surface area contributed by atoms with Crippen molar-refractivity contribution in [2.45, 2.75) is 13.3 Å². The van der Waals surface area contributed by atoms with E-state index < -0.39 is 0 Å². The van der Waals surface area contributed by atoms with Crippen molar-refractivity contribution in [1.82, 2.24) is 4.90 Å². The van der Waals surface area contributed by atoms with Gasteiger partial charge >= 0.3 is 0 Å². The predicted octanol–water partition coefficient (Wildman–Crippen LogP) is 1.30. The van der Waals surface area contributed by atoms with Crippen LogP contribution < -0.4 is 0 Å². The molecule has 1 atom stereocenters. The molecular weight excluding hydrogens is 136 g/mol. The van der Waals surface area contributed by atoms with Crippen LogP contribution in [0, 0.1) is 5.92 Å². The minimum atomic E-state index is 0.660. The second-order valence-corrected chi connectivity index (χ2v) is 3.41. The fourth-order valence-electron chi connectivity index (χ4n) is 1.79. The van der Waals surface area contributed by atoms with E-state index in [1.807, 2.05) is 0 Å². The summed E-state index contributed by atoms with van der Waals surface area (Å²) in [6, 6.07) is 0. The lowest BCUT2D eigenvalue weighted by molar-refractivity contribution is 0.436. The molecule has 1 heterocycles. The molecule has 0 bridgehead atoms. The predicted molar refractivity (Wildman–Crippen MR) is 46.8 cm³/mol. The molecule has 2 nitrogen and oxygen atoms in total. The molecule has 0 saturated heterocycles. The molecule has 0 aromatic carbocycles. The molecule has 0 spiro atoms. The van der Waals surface area contributed by atoms with Gasteiger partial charge in [0.2, 0.25) is 0 Å². The van der Waals surface area contributed by atoms with E-state index in [-0.39, 0.29) is 0 Å². The van der Waals surface area contributed by atoms with Gasteiger partial charge in [0.15, 0.2) is 0 Å². The van der Waals surface area contributed by atoms with Crippen LogP contribution in [0.15, 0.2) is 16.8 Å². The van der Waals surface area contributed by atoms with Crippen LogP contribution in [0.1, 0.15) is 13.3 Å². The molecule has 0 amide bonds. The van der Waals surface area contributed by atoms with Gasteiger partial charge in [-0.3, -0.25) is 4.99 Å². The van der Waals surface area contributed by atoms with Crippen LogP contribution in [0.2, 0.25) is 0 Å². The average molecular weight is 150 g/mol. The Morgan fingerprint density at radius 3 is 3.18 bits per heavy atom. The number of aliphatic imine (C=N–C) groups is 1. The molecule has 2 heteroatoms. The highest BCUT2D eigenvalue weighted by molar-refractivity contribution is 6.03. The van der Waals surface area contributed by atoms with Gasteiger partial charge in [-0.05, 0) is 6.42 Å².